The number of carbonyl (C=O) groups is 1. The van der Waals surface area contributed by atoms with Crippen molar-refractivity contribution in [3.05, 3.63) is 11.4 Å². The molecule has 0 saturated heterocycles. The van der Waals surface area contributed by atoms with Gasteiger partial charge in [-0.25, -0.2) is 4.68 Å². The standard InChI is InChI=1S/C10H18N4O2/c1-3-5-8-9(10(11)16)12-13-14(8)7(4-2)6-15/h7,15H,3-6H2,1-2H3,(H2,11,16). The number of aliphatic hydroxyl groups is 1. The molecule has 0 bridgehead atoms. The summed E-state index contributed by atoms with van der Waals surface area (Å²) in [5.74, 6) is -0.567. The molecule has 1 rings (SSSR count). The molecule has 0 aromatic carbocycles. The summed E-state index contributed by atoms with van der Waals surface area (Å²) in [6, 6.07) is -0.137. The average Bonchev–Trinajstić information content (AvgIpc) is 2.65. The number of aromatic nitrogens is 3. The molecule has 16 heavy (non-hydrogen) atoms. The number of nitrogens with zero attached hydrogens (tertiary/aromatic N) is 3. The summed E-state index contributed by atoms with van der Waals surface area (Å²) in [6.07, 6.45) is 2.28. The van der Waals surface area contributed by atoms with E-state index in [0.29, 0.717) is 6.42 Å². The Morgan fingerprint density at radius 3 is 2.69 bits per heavy atom. The lowest BCUT2D eigenvalue weighted by Gasteiger charge is -2.14. The number of hydrogen-bond donors (Lipinski definition) is 2. The van der Waals surface area contributed by atoms with Crippen molar-refractivity contribution in [1.82, 2.24) is 15.0 Å². The van der Waals surface area contributed by atoms with Gasteiger partial charge in [0.25, 0.3) is 5.91 Å². The van der Waals surface area contributed by atoms with Gasteiger partial charge in [0.1, 0.15) is 0 Å². The van der Waals surface area contributed by atoms with Gasteiger partial charge in [-0.15, -0.1) is 5.10 Å². The average molecular weight is 226 g/mol. The van der Waals surface area contributed by atoms with Crippen LogP contribution in [0.4, 0.5) is 0 Å². The lowest BCUT2D eigenvalue weighted by atomic mass is 10.1. The zero-order chi connectivity index (χ0) is 12.1. The third kappa shape index (κ3) is 2.38. The highest BCUT2D eigenvalue weighted by molar-refractivity contribution is 5.91. The normalized spacial score (nSPS) is 12.7. The van der Waals surface area contributed by atoms with Gasteiger partial charge in [0, 0.05) is 0 Å². The maximum atomic E-state index is 11.2. The van der Waals surface area contributed by atoms with Crippen LogP contribution in [0.1, 0.15) is 48.9 Å². The molecule has 1 unspecified atom stereocenters. The first-order chi connectivity index (χ1) is 7.65. The van der Waals surface area contributed by atoms with Gasteiger partial charge in [0.05, 0.1) is 18.3 Å². The Bertz CT molecular complexity index is 358. The number of carbonyl (C=O) groups excluding carboxylic acids is 1. The van der Waals surface area contributed by atoms with Crippen LogP contribution in [0.25, 0.3) is 0 Å². The van der Waals surface area contributed by atoms with E-state index in [9.17, 15) is 9.90 Å². The molecule has 90 valence electrons. The van der Waals surface area contributed by atoms with Crippen molar-refractivity contribution >= 4 is 5.91 Å². The predicted octanol–water partition coefficient (Wildman–Crippen LogP) is 0.273. The van der Waals surface area contributed by atoms with Crippen molar-refractivity contribution in [2.45, 2.75) is 39.2 Å². The van der Waals surface area contributed by atoms with E-state index in [0.717, 1.165) is 18.5 Å². The van der Waals surface area contributed by atoms with E-state index in [1.807, 2.05) is 13.8 Å². The van der Waals surface area contributed by atoms with E-state index in [2.05, 4.69) is 10.3 Å². The number of rotatable bonds is 6. The zero-order valence-electron chi connectivity index (χ0n) is 9.68. The molecule has 1 heterocycles. The number of nitrogens with two attached hydrogens (primary N) is 1. The third-order valence-corrected chi connectivity index (χ3v) is 2.54. The lowest BCUT2D eigenvalue weighted by molar-refractivity contribution is 0.0994. The van der Waals surface area contributed by atoms with Crippen molar-refractivity contribution in [2.24, 2.45) is 5.73 Å². The van der Waals surface area contributed by atoms with Crippen LogP contribution in [-0.2, 0) is 6.42 Å². The van der Waals surface area contributed by atoms with Crippen molar-refractivity contribution < 1.29 is 9.90 Å². The van der Waals surface area contributed by atoms with Crippen LogP contribution < -0.4 is 5.73 Å². The van der Waals surface area contributed by atoms with Crippen LogP contribution >= 0.6 is 0 Å². The maximum absolute atomic E-state index is 11.2. The summed E-state index contributed by atoms with van der Waals surface area (Å²) in [6.45, 7) is 3.93. The van der Waals surface area contributed by atoms with E-state index in [-0.39, 0.29) is 18.3 Å². The Kier molecular flexibility index (Phi) is 4.42. The zero-order valence-corrected chi connectivity index (χ0v) is 9.68. The van der Waals surface area contributed by atoms with E-state index in [1.54, 1.807) is 4.68 Å². The number of amides is 1. The Morgan fingerprint density at radius 2 is 2.25 bits per heavy atom. The van der Waals surface area contributed by atoms with Gasteiger partial charge in [0.2, 0.25) is 0 Å². The number of primary amides is 1. The van der Waals surface area contributed by atoms with Crippen molar-refractivity contribution in [3.8, 4) is 0 Å². The molecule has 0 saturated carbocycles. The van der Waals surface area contributed by atoms with Crippen molar-refractivity contribution in [2.75, 3.05) is 6.61 Å². The van der Waals surface area contributed by atoms with E-state index in [1.165, 1.54) is 0 Å². The van der Waals surface area contributed by atoms with E-state index < -0.39 is 5.91 Å². The fourth-order valence-corrected chi connectivity index (χ4v) is 1.65. The molecule has 0 aliphatic heterocycles. The minimum absolute atomic E-state index is 0.0191. The monoisotopic (exact) mass is 226 g/mol. The van der Waals surface area contributed by atoms with Gasteiger partial charge in [-0.3, -0.25) is 4.79 Å². The molecule has 3 N–H and O–H groups in total. The molecular weight excluding hydrogens is 208 g/mol. The summed E-state index contributed by atoms with van der Waals surface area (Å²) in [4.78, 5) is 11.2. The minimum Gasteiger partial charge on any atom is -0.394 e. The fraction of sp³-hybridized carbons (Fsp3) is 0.700. The summed E-state index contributed by atoms with van der Waals surface area (Å²) >= 11 is 0. The van der Waals surface area contributed by atoms with E-state index in [4.69, 9.17) is 5.73 Å². The molecule has 0 fully saturated rings. The first kappa shape index (κ1) is 12.6. The minimum atomic E-state index is -0.567. The van der Waals surface area contributed by atoms with Crippen LogP contribution in [0.2, 0.25) is 0 Å². The second-order valence-corrected chi connectivity index (χ2v) is 3.69. The molecule has 0 aliphatic rings. The Morgan fingerprint density at radius 1 is 1.56 bits per heavy atom. The molecule has 1 amide bonds. The highest BCUT2D eigenvalue weighted by Crippen LogP contribution is 2.16. The van der Waals surface area contributed by atoms with Crippen LogP contribution in [0.5, 0.6) is 0 Å². The molecule has 0 aliphatic carbocycles. The third-order valence-electron chi connectivity index (χ3n) is 2.54. The van der Waals surface area contributed by atoms with Crippen molar-refractivity contribution in [3.63, 3.8) is 0 Å². The van der Waals surface area contributed by atoms with Gasteiger partial charge in [-0.2, -0.15) is 0 Å². The quantitative estimate of drug-likeness (QED) is 0.728. The molecule has 0 radical (unpaired) electrons. The summed E-state index contributed by atoms with van der Waals surface area (Å²) in [7, 11) is 0. The predicted molar refractivity (Wildman–Crippen MR) is 58.9 cm³/mol. The molecule has 0 spiro atoms. The van der Waals surface area contributed by atoms with E-state index >= 15 is 0 Å². The molecule has 1 aromatic rings. The fourth-order valence-electron chi connectivity index (χ4n) is 1.65. The van der Waals surface area contributed by atoms with Gasteiger partial charge in [-0.05, 0) is 12.8 Å². The Labute approximate surface area is 94.4 Å². The number of aliphatic hydroxyl groups excluding tert-OH is 1. The smallest absolute Gasteiger partial charge is 0.271 e. The summed E-state index contributed by atoms with van der Waals surface area (Å²) in [5.41, 5.74) is 6.16. The summed E-state index contributed by atoms with van der Waals surface area (Å²) in [5, 5.41) is 16.9. The van der Waals surface area contributed by atoms with Crippen LogP contribution in [0.15, 0.2) is 0 Å². The van der Waals surface area contributed by atoms with Gasteiger partial charge in [0.15, 0.2) is 5.69 Å². The lowest BCUT2D eigenvalue weighted by Crippen LogP contribution is -2.19. The maximum Gasteiger partial charge on any atom is 0.271 e. The van der Waals surface area contributed by atoms with Crippen LogP contribution in [0, 0.1) is 0 Å². The molecule has 6 nitrogen and oxygen atoms in total. The second-order valence-electron chi connectivity index (χ2n) is 3.69. The topological polar surface area (TPSA) is 94.0 Å². The SMILES string of the molecule is CCCc1c(C(N)=O)nnn1C(CC)CO. The van der Waals surface area contributed by atoms with Gasteiger partial charge in [-0.1, -0.05) is 25.5 Å². The highest BCUT2D eigenvalue weighted by Gasteiger charge is 2.20. The summed E-state index contributed by atoms with van der Waals surface area (Å²) < 4.78 is 1.61. The van der Waals surface area contributed by atoms with Crippen molar-refractivity contribution in [1.29, 1.82) is 0 Å². The van der Waals surface area contributed by atoms with Gasteiger partial charge < -0.3 is 10.8 Å². The second kappa shape index (κ2) is 5.60. The molecular formula is C10H18N4O2. The molecule has 1 atom stereocenters. The molecule has 1 aromatic heterocycles. The Balaban J connectivity index is 3.13. The highest BCUT2D eigenvalue weighted by atomic mass is 16.3. The largest absolute Gasteiger partial charge is 0.394 e. The first-order valence-electron chi connectivity index (χ1n) is 5.50. The van der Waals surface area contributed by atoms with Crippen LogP contribution in [-0.4, -0.2) is 32.6 Å². The number of hydrogen-bond acceptors (Lipinski definition) is 4. The van der Waals surface area contributed by atoms with Gasteiger partial charge >= 0.3 is 0 Å². The van der Waals surface area contributed by atoms with Crippen LogP contribution in [0.3, 0.4) is 0 Å². The molecule has 6 heteroatoms. The first-order valence-corrected chi connectivity index (χ1v) is 5.50. The Hall–Kier alpha value is -1.43.